The lowest BCUT2D eigenvalue weighted by molar-refractivity contribution is -0.384. The van der Waals surface area contributed by atoms with Gasteiger partial charge in [0.05, 0.1) is 4.92 Å². The predicted octanol–water partition coefficient (Wildman–Crippen LogP) is 4.36. The summed E-state index contributed by atoms with van der Waals surface area (Å²) in [6.07, 6.45) is 2.54. The molecule has 0 bridgehead atoms. The zero-order valence-corrected chi connectivity index (χ0v) is 13.4. The van der Waals surface area contributed by atoms with E-state index in [1.165, 1.54) is 30.0 Å². The number of nitro benzene ring substituents is 1. The molecule has 2 rings (SSSR count). The lowest BCUT2D eigenvalue weighted by Gasteiger charge is -1.97. The molecule has 0 N–H and O–H groups in total. The van der Waals surface area contributed by atoms with E-state index in [1.807, 2.05) is 0 Å². The third kappa shape index (κ3) is 4.09. The number of halogens is 1. The fraction of sp³-hybridized carbons (Fsp3) is 0.231. The van der Waals surface area contributed by atoms with E-state index < -0.39 is 4.92 Å². The van der Waals surface area contributed by atoms with Crippen LogP contribution in [0.15, 0.2) is 28.9 Å². The quantitative estimate of drug-likeness (QED) is 0.461. The number of benzene rings is 1. The molecular formula is C13H11ClN2O3S2. The molecule has 0 spiro atoms. The molecule has 1 heterocycles. The molecule has 0 radical (unpaired) electrons. The third-order valence-electron chi connectivity index (χ3n) is 2.50. The second kappa shape index (κ2) is 7.11. The Hall–Kier alpha value is -1.31. The molecule has 5 nitrogen and oxygen atoms in total. The van der Waals surface area contributed by atoms with Crippen molar-refractivity contribution < 1.29 is 9.72 Å². The molecule has 1 aromatic rings. The Bertz CT molecular complexity index is 659. The first kappa shape index (κ1) is 16.1. The first-order valence-corrected chi connectivity index (χ1v) is 8.28. The van der Waals surface area contributed by atoms with Crippen molar-refractivity contribution >= 4 is 56.4 Å². The van der Waals surface area contributed by atoms with Crippen molar-refractivity contribution in [3.63, 3.8) is 0 Å². The largest absolute Gasteiger partial charge is 0.288 e. The number of aliphatic imine (C=N–C) groups is 1. The van der Waals surface area contributed by atoms with Crippen LogP contribution in [0.25, 0.3) is 6.08 Å². The van der Waals surface area contributed by atoms with E-state index in [-0.39, 0.29) is 15.8 Å². The molecule has 0 aliphatic carbocycles. The molecule has 0 saturated heterocycles. The molecule has 0 saturated carbocycles. The zero-order chi connectivity index (χ0) is 15.4. The van der Waals surface area contributed by atoms with Gasteiger partial charge in [0.1, 0.15) is 15.1 Å². The summed E-state index contributed by atoms with van der Waals surface area (Å²) in [5.41, 5.74) is 0.643. The maximum Gasteiger partial charge on any atom is 0.288 e. The van der Waals surface area contributed by atoms with Gasteiger partial charge in [0.25, 0.3) is 5.69 Å². The summed E-state index contributed by atoms with van der Waals surface area (Å²) < 4.78 is 0.719. The first-order chi connectivity index (χ1) is 10.0. The number of rotatable bonds is 4. The van der Waals surface area contributed by atoms with E-state index in [0.717, 1.165) is 28.3 Å². The van der Waals surface area contributed by atoms with Crippen LogP contribution < -0.4 is 0 Å². The molecule has 110 valence electrons. The van der Waals surface area contributed by atoms with Crippen LogP contribution in [0.2, 0.25) is 5.02 Å². The highest BCUT2D eigenvalue weighted by atomic mass is 35.5. The average molecular weight is 343 g/mol. The van der Waals surface area contributed by atoms with Crippen LogP contribution in [0.4, 0.5) is 5.69 Å². The van der Waals surface area contributed by atoms with Crippen molar-refractivity contribution in [2.75, 3.05) is 5.75 Å². The van der Waals surface area contributed by atoms with Gasteiger partial charge in [-0.05, 0) is 41.6 Å². The molecule has 1 aliphatic rings. The van der Waals surface area contributed by atoms with Crippen LogP contribution in [0.3, 0.4) is 0 Å². The summed E-state index contributed by atoms with van der Waals surface area (Å²) in [5, 5.41) is 10.8. The summed E-state index contributed by atoms with van der Waals surface area (Å²) in [5.74, 6) is 0.902. The molecule has 0 atom stereocenters. The highest BCUT2D eigenvalue weighted by molar-refractivity contribution is 8.45. The van der Waals surface area contributed by atoms with Crippen LogP contribution in [-0.2, 0) is 4.79 Å². The second-order valence-electron chi connectivity index (χ2n) is 4.11. The van der Waals surface area contributed by atoms with Gasteiger partial charge in [0.15, 0.2) is 0 Å². The van der Waals surface area contributed by atoms with Crippen LogP contribution in [0.5, 0.6) is 0 Å². The average Bonchev–Trinajstić information content (AvgIpc) is 2.78. The fourth-order valence-electron chi connectivity index (χ4n) is 1.56. The number of nitrogens with zero attached hydrogens (tertiary/aromatic N) is 2. The Morgan fingerprint density at radius 3 is 2.95 bits per heavy atom. The summed E-state index contributed by atoms with van der Waals surface area (Å²) in [7, 11) is 0. The maximum absolute atomic E-state index is 11.8. The van der Waals surface area contributed by atoms with E-state index in [2.05, 4.69) is 11.9 Å². The standard InChI is InChI=1S/C13H11ClN2O3S2/c1-2-5-20-13-15-10(12(17)21-13)6-8-3-4-9(14)11(7-8)16(18)19/h3-4,6-7H,2,5H2,1H3/b10-6-. The molecule has 0 fully saturated rings. The summed E-state index contributed by atoms with van der Waals surface area (Å²) in [4.78, 5) is 26.4. The molecule has 0 unspecified atom stereocenters. The van der Waals surface area contributed by atoms with E-state index in [0.29, 0.717) is 11.3 Å². The number of hydrogen-bond donors (Lipinski definition) is 0. The van der Waals surface area contributed by atoms with Gasteiger partial charge in [-0.15, -0.1) is 0 Å². The zero-order valence-electron chi connectivity index (χ0n) is 11.0. The summed E-state index contributed by atoms with van der Waals surface area (Å²) in [6, 6.07) is 4.39. The van der Waals surface area contributed by atoms with Crippen molar-refractivity contribution in [3.8, 4) is 0 Å². The van der Waals surface area contributed by atoms with Crippen molar-refractivity contribution in [3.05, 3.63) is 44.6 Å². The normalized spacial score (nSPS) is 16.4. The lowest BCUT2D eigenvalue weighted by Crippen LogP contribution is -1.91. The fourth-order valence-corrected chi connectivity index (χ4v) is 3.51. The number of hydrogen-bond acceptors (Lipinski definition) is 6. The van der Waals surface area contributed by atoms with Crippen LogP contribution in [-0.4, -0.2) is 20.2 Å². The predicted molar refractivity (Wildman–Crippen MR) is 88.9 cm³/mol. The van der Waals surface area contributed by atoms with Gasteiger partial charge >= 0.3 is 0 Å². The Kier molecular flexibility index (Phi) is 5.44. The van der Waals surface area contributed by atoms with Crippen LogP contribution in [0.1, 0.15) is 18.9 Å². The van der Waals surface area contributed by atoms with Crippen molar-refractivity contribution in [2.45, 2.75) is 13.3 Å². The highest BCUT2D eigenvalue weighted by Crippen LogP contribution is 2.32. The van der Waals surface area contributed by atoms with Gasteiger partial charge in [-0.1, -0.05) is 36.4 Å². The van der Waals surface area contributed by atoms with Gasteiger partial charge in [-0.2, -0.15) is 0 Å². The minimum Gasteiger partial charge on any atom is -0.279 e. The molecule has 0 amide bonds. The highest BCUT2D eigenvalue weighted by Gasteiger charge is 2.22. The minimum atomic E-state index is -0.554. The van der Waals surface area contributed by atoms with E-state index >= 15 is 0 Å². The summed E-state index contributed by atoms with van der Waals surface area (Å²) >= 11 is 8.38. The lowest BCUT2D eigenvalue weighted by atomic mass is 10.2. The van der Waals surface area contributed by atoms with Gasteiger partial charge in [-0.3, -0.25) is 14.9 Å². The van der Waals surface area contributed by atoms with Crippen molar-refractivity contribution in [1.82, 2.24) is 0 Å². The Morgan fingerprint density at radius 2 is 2.29 bits per heavy atom. The molecule has 0 aromatic heterocycles. The minimum absolute atomic E-state index is 0.0666. The van der Waals surface area contributed by atoms with Gasteiger partial charge in [-0.25, -0.2) is 4.99 Å². The number of nitro groups is 1. The van der Waals surface area contributed by atoms with E-state index in [4.69, 9.17) is 11.6 Å². The van der Waals surface area contributed by atoms with E-state index in [1.54, 1.807) is 6.07 Å². The molecule has 1 aromatic carbocycles. The molecule has 21 heavy (non-hydrogen) atoms. The van der Waals surface area contributed by atoms with Crippen LogP contribution in [0, 0.1) is 10.1 Å². The molecule has 1 aliphatic heterocycles. The number of carbonyl (C=O) groups excluding carboxylic acids is 1. The Balaban J connectivity index is 2.27. The number of thioether (sulfide) groups is 2. The topological polar surface area (TPSA) is 72.6 Å². The van der Waals surface area contributed by atoms with Gasteiger partial charge in [0.2, 0.25) is 5.12 Å². The smallest absolute Gasteiger partial charge is 0.279 e. The third-order valence-corrected chi connectivity index (χ3v) is 5.04. The second-order valence-corrected chi connectivity index (χ2v) is 6.82. The Morgan fingerprint density at radius 1 is 1.52 bits per heavy atom. The van der Waals surface area contributed by atoms with Crippen molar-refractivity contribution in [2.24, 2.45) is 4.99 Å². The Labute approximate surface area is 135 Å². The monoisotopic (exact) mass is 342 g/mol. The van der Waals surface area contributed by atoms with Gasteiger partial charge < -0.3 is 0 Å². The van der Waals surface area contributed by atoms with Gasteiger partial charge in [0, 0.05) is 6.07 Å². The summed E-state index contributed by atoms with van der Waals surface area (Å²) in [6.45, 7) is 2.05. The first-order valence-electron chi connectivity index (χ1n) is 6.10. The SMILES string of the molecule is CCCSC1=N/C(=C\c2ccc(Cl)c([N+](=O)[O-])c2)C(=O)S1. The van der Waals surface area contributed by atoms with E-state index in [9.17, 15) is 14.9 Å². The molecular weight excluding hydrogens is 332 g/mol. The number of carbonyl (C=O) groups is 1. The van der Waals surface area contributed by atoms with Crippen molar-refractivity contribution in [1.29, 1.82) is 0 Å². The maximum atomic E-state index is 11.8. The van der Waals surface area contributed by atoms with Crippen LogP contribution >= 0.6 is 35.1 Å². The molecule has 8 heteroatoms.